The summed E-state index contributed by atoms with van der Waals surface area (Å²) in [5.74, 6) is 1.08. The number of piperidine rings is 1. The van der Waals surface area contributed by atoms with Gasteiger partial charge in [0.25, 0.3) is 0 Å². The molecule has 0 aromatic heterocycles. The van der Waals surface area contributed by atoms with Crippen LogP contribution in [0, 0.1) is 12.8 Å². The molecule has 1 aromatic carbocycles. The summed E-state index contributed by atoms with van der Waals surface area (Å²) in [4.78, 5) is 16.6. The average molecular weight is 474 g/mol. The van der Waals surface area contributed by atoms with Crippen molar-refractivity contribution in [3.8, 4) is 0 Å². The van der Waals surface area contributed by atoms with Gasteiger partial charge >= 0.3 is 0 Å². The van der Waals surface area contributed by atoms with Crippen LogP contribution in [0.25, 0.3) is 0 Å². The first-order valence-electron chi connectivity index (χ1n) is 11.8. The standard InChI is InChI=1S/C18H36N2O2.C7H6Cl2/c1-4-11-19(12-5-2)13-6-7-17-8-14-20(15-9-17)18(21)10-16-22-3;1-5-3-2-4-6(8)7(5)9/h17H,4-16H2,1-3H3;2-4H,1H3. The second-order valence-corrected chi connectivity index (χ2v) is 9.21. The molecule has 1 saturated heterocycles. The van der Waals surface area contributed by atoms with E-state index < -0.39 is 0 Å². The molecule has 178 valence electrons. The summed E-state index contributed by atoms with van der Waals surface area (Å²) in [6, 6.07) is 5.58. The summed E-state index contributed by atoms with van der Waals surface area (Å²) < 4.78 is 4.99. The molecule has 0 unspecified atom stereocenters. The van der Waals surface area contributed by atoms with Crippen LogP contribution in [-0.4, -0.2) is 62.1 Å². The Bertz CT molecular complexity index is 593. The minimum absolute atomic E-state index is 0.261. The number of rotatable bonds is 11. The van der Waals surface area contributed by atoms with E-state index in [2.05, 4.69) is 18.7 Å². The number of benzene rings is 1. The SMILES string of the molecule is CCCN(CCC)CCCC1CCN(C(=O)CCOC)CC1.Cc1cccc(Cl)c1Cl. The Morgan fingerprint density at radius 3 is 2.29 bits per heavy atom. The number of aryl methyl sites for hydroxylation is 1. The smallest absolute Gasteiger partial charge is 0.224 e. The van der Waals surface area contributed by atoms with Crippen molar-refractivity contribution >= 4 is 29.1 Å². The van der Waals surface area contributed by atoms with Crippen molar-refractivity contribution in [3.63, 3.8) is 0 Å². The number of nitrogens with zero attached hydrogens (tertiary/aromatic N) is 2. The van der Waals surface area contributed by atoms with E-state index in [0.29, 0.717) is 23.1 Å². The van der Waals surface area contributed by atoms with Crippen LogP contribution >= 0.6 is 23.2 Å². The maximum absolute atomic E-state index is 12.0. The Morgan fingerprint density at radius 1 is 1.13 bits per heavy atom. The molecule has 31 heavy (non-hydrogen) atoms. The van der Waals surface area contributed by atoms with Crippen molar-refractivity contribution in [3.05, 3.63) is 33.8 Å². The highest BCUT2D eigenvalue weighted by Gasteiger charge is 2.22. The molecule has 0 bridgehead atoms. The van der Waals surface area contributed by atoms with Crippen LogP contribution in [-0.2, 0) is 9.53 Å². The maximum Gasteiger partial charge on any atom is 0.224 e. The molecule has 0 spiro atoms. The van der Waals surface area contributed by atoms with Gasteiger partial charge in [0.2, 0.25) is 5.91 Å². The lowest BCUT2D eigenvalue weighted by molar-refractivity contribution is -0.133. The summed E-state index contributed by atoms with van der Waals surface area (Å²) >= 11 is 11.4. The van der Waals surface area contributed by atoms with E-state index in [0.717, 1.165) is 24.6 Å². The van der Waals surface area contributed by atoms with Crippen molar-refractivity contribution in [2.45, 2.75) is 65.7 Å². The van der Waals surface area contributed by atoms with Crippen LogP contribution in [0.2, 0.25) is 10.0 Å². The second-order valence-electron chi connectivity index (χ2n) is 8.42. The monoisotopic (exact) mass is 472 g/mol. The normalized spacial score (nSPS) is 14.5. The Hall–Kier alpha value is -0.810. The molecule has 1 aliphatic heterocycles. The molecule has 1 fully saturated rings. The fraction of sp³-hybridized carbons (Fsp3) is 0.720. The van der Waals surface area contributed by atoms with Crippen LogP contribution in [0.4, 0.5) is 0 Å². The van der Waals surface area contributed by atoms with Gasteiger partial charge in [-0.15, -0.1) is 0 Å². The van der Waals surface area contributed by atoms with E-state index in [9.17, 15) is 4.79 Å². The molecule has 1 amide bonds. The Labute approximate surface area is 200 Å². The van der Waals surface area contributed by atoms with Gasteiger partial charge in [-0.1, -0.05) is 49.2 Å². The molecule has 1 heterocycles. The summed E-state index contributed by atoms with van der Waals surface area (Å²) in [6.07, 6.45) is 8.03. The molecule has 1 aromatic rings. The third-order valence-corrected chi connectivity index (χ3v) is 6.71. The van der Waals surface area contributed by atoms with Gasteiger partial charge in [-0.3, -0.25) is 4.79 Å². The molecule has 0 N–H and O–H groups in total. The van der Waals surface area contributed by atoms with Crippen molar-refractivity contribution in [2.75, 3.05) is 46.4 Å². The summed E-state index contributed by atoms with van der Waals surface area (Å²) in [7, 11) is 1.65. The summed E-state index contributed by atoms with van der Waals surface area (Å²) in [5, 5.41) is 1.27. The summed E-state index contributed by atoms with van der Waals surface area (Å²) in [5.41, 5.74) is 1.02. The topological polar surface area (TPSA) is 32.8 Å². The Balaban J connectivity index is 0.000000442. The molecule has 0 aliphatic carbocycles. The first-order chi connectivity index (χ1) is 14.9. The van der Waals surface area contributed by atoms with Gasteiger partial charge in [-0.05, 0) is 82.6 Å². The van der Waals surface area contributed by atoms with Crippen LogP contribution in [0.1, 0.15) is 64.4 Å². The first kappa shape index (κ1) is 28.2. The lowest BCUT2D eigenvalue weighted by Gasteiger charge is -2.32. The zero-order valence-corrected chi connectivity index (χ0v) is 21.5. The van der Waals surface area contributed by atoms with Gasteiger partial charge in [0.05, 0.1) is 23.1 Å². The van der Waals surface area contributed by atoms with E-state index >= 15 is 0 Å². The number of carbonyl (C=O) groups is 1. The van der Waals surface area contributed by atoms with Crippen molar-refractivity contribution in [1.82, 2.24) is 9.80 Å². The van der Waals surface area contributed by atoms with Gasteiger partial charge in [0.1, 0.15) is 0 Å². The largest absolute Gasteiger partial charge is 0.384 e. The second kappa shape index (κ2) is 16.8. The fourth-order valence-corrected chi connectivity index (χ4v) is 4.35. The third kappa shape index (κ3) is 11.6. The highest BCUT2D eigenvalue weighted by atomic mass is 35.5. The number of amides is 1. The molecular weight excluding hydrogens is 431 g/mol. The van der Waals surface area contributed by atoms with Crippen LogP contribution in [0.5, 0.6) is 0 Å². The maximum atomic E-state index is 12.0. The zero-order chi connectivity index (χ0) is 23.1. The number of likely N-dealkylation sites (tertiary alicyclic amines) is 1. The highest BCUT2D eigenvalue weighted by molar-refractivity contribution is 6.42. The quantitative estimate of drug-likeness (QED) is 0.370. The first-order valence-corrected chi connectivity index (χ1v) is 12.6. The molecular formula is C25H42Cl2N2O2. The van der Waals surface area contributed by atoms with Crippen LogP contribution in [0.15, 0.2) is 18.2 Å². The van der Waals surface area contributed by atoms with E-state index in [-0.39, 0.29) is 5.91 Å². The molecule has 4 nitrogen and oxygen atoms in total. The number of ether oxygens (including phenoxy) is 1. The Morgan fingerprint density at radius 2 is 1.77 bits per heavy atom. The molecule has 2 rings (SSSR count). The van der Waals surface area contributed by atoms with Crippen molar-refractivity contribution < 1.29 is 9.53 Å². The number of hydrogen-bond acceptors (Lipinski definition) is 3. The van der Waals surface area contributed by atoms with Crippen LogP contribution in [0.3, 0.4) is 0 Å². The van der Waals surface area contributed by atoms with E-state index in [1.54, 1.807) is 13.2 Å². The molecule has 1 aliphatic rings. The summed E-state index contributed by atoms with van der Waals surface area (Å²) in [6.45, 7) is 12.6. The van der Waals surface area contributed by atoms with Crippen LogP contribution < -0.4 is 0 Å². The predicted molar refractivity (Wildman–Crippen MR) is 133 cm³/mol. The number of methoxy groups -OCH3 is 1. The minimum atomic E-state index is 0.261. The van der Waals surface area contributed by atoms with E-state index in [1.807, 2.05) is 24.0 Å². The van der Waals surface area contributed by atoms with Crippen molar-refractivity contribution in [2.24, 2.45) is 5.92 Å². The zero-order valence-electron chi connectivity index (χ0n) is 20.0. The number of hydrogen-bond donors (Lipinski definition) is 0. The van der Waals surface area contributed by atoms with Gasteiger partial charge in [-0.25, -0.2) is 0 Å². The van der Waals surface area contributed by atoms with Crippen molar-refractivity contribution in [1.29, 1.82) is 0 Å². The number of carbonyl (C=O) groups excluding carboxylic acids is 1. The van der Waals surface area contributed by atoms with Gasteiger partial charge in [0, 0.05) is 20.2 Å². The van der Waals surface area contributed by atoms with Gasteiger partial charge in [0.15, 0.2) is 0 Å². The number of halogens is 2. The lowest BCUT2D eigenvalue weighted by atomic mass is 9.92. The molecule has 0 radical (unpaired) electrons. The molecule has 6 heteroatoms. The molecule has 0 saturated carbocycles. The highest BCUT2D eigenvalue weighted by Crippen LogP contribution is 2.24. The molecule has 0 atom stereocenters. The Kier molecular flexibility index (Phi) is 15.3. The van der Waals surface area contributed by atoms with Gasteiger partial charge in [-0.2, -0.15) is 0 Å². The third-order valence-electron chi connectivity index (χ3n) is 5.80. The predicted octanol–water partition coefficient (Wildman–Crippen LogP) is 6.47. The fourth-order valence-electron chi connectivity index (χ4n) is 4.00. The van der Waals surface area contributed by atoms with Gasteiger partial charge < -0.3 is 14.5 Å². The lowest BCUT2D eigenvalue weighted by Crippen LogP contribution is -2.39. The van der Waals surface area contributed by atoms with E-state index in [1.165, 1.54) is 58.2 Å². The van der Waals surface area contributed by atoms with E-state index in [4.69, 9.17) is 27.9 Å². The average Bonchev–Trinajstić information content (AvgIpc) is 2.77. The minimum Gasteiger partial charge on any atom is -0.384 e.